The molecule has 2 aromatic rings. The molecule has 2 rings (SSSR count). The molecule has 0 spiro atoms. The molecule has 1 aromatic heterocycles. The highest BCUT2D eigenvalue weighted by Crippen LogP contribution is 2.21. The first-order chi connectivity index (χ1) is 9.97. The summed E-state index contributed by atoms with van der Waals surface area (Å²) in [6.45, 7) is 4.01. The fourth-order valence-electron chi connectivity index (χ4n) is 1.72. The zero-order chi connectivity index (χ0) is 15.3. The summed E-state index contributed by atoms with van der Waals surface area (Å²) in [5.74, 6) is 0.452. The molecule has 112 valence electrons. The first-order valence-corrected chi connectivity index (χ1v) is 7.84. The highest BCUT2D eigenvalue weighted by Gasteiger charge is 2.29. The molecule has 0 aliphatic carbocycles. The molecular weight excluding hydrogens is 308 g/mol. The molecule has 0 saturated heterocycles. The fraction of sp³-hybridized carbons (Fsp3) is 0.333. The second kappa shape index (κ2) is 6.91. The Labute approximate surface area is 133 Å². The Morgan fingerprint density at radius 3 is 2.71 bits per heavy atom. The van der Waals surface area contributed by atoms with Crippen LogP contribution in [0.3, 0.4) is 0 Å². The van der Waals surface area contributed by atoms with E-state index in [1.165, 1.54) is 0 Å². The maximum absolute atomic E-state index is 12.2. The van der Waals surface area contributed by atoms with Gasteiger partial charge in [-0.05, 0) is 38.1 Å². The smallest absolute Gasteiger partial charge is 0.263 e. The van der Waals surface area contributed by atoms with Crippen LogP contribution in [-0.2, 0) is 11.2 Å². The fourth-order valence-corrected chi connectivity index (χ4v) is 2.46. The van der Waals surface area contributed by atoms with Crippen molar-refractivity contribution >= 4 is 28.8 Å². The largest absolute Gasteiger partial charge is 0.478 e. The molecule has 1 aromatic carbocycles. The van der Waals surface area contributed by atoms with E-state index in [1.807, 2.05) is 5.38 Å². The van der Waals surface area contributed by atoms with Gasteiger partial charge >= 0.3 is 0 Å². The van der Waals surface area contributed by atoms with Gasteiger partial charge in [0.05, 0.1) is 5.01 Å². The zero-order valence-corrected chi connectivity index (χ0v) is 13.5. The summed E-state index contributed by atoms with van der Waals surface area (Å²) in [5.41, 5.74) is -0.948. The number of aromatic nitrogens is 1. The van der Waals surface area contributed by atoms with Crippen molar-refractivity contribution < 1.29 is 9.53 Å². The van der Waals surface area contributed by atoms with Crippen molar-refractivity contribution in [2.75, 3.05) is 6.54 Å². The Balaban J connectivity index is 1.85. The minimum atomic E-state index is -0.948. The summed E-state index contributed by atoms with van der Waals surface area (Å²) >= 11 is 7.40. The highest BCUT2D eigenvalue weighted by atomic mass is 35.5. The number of rotatable bonds is 6. The Kier molecular flexibility index (Phi) is 5.20. The van der Waals surface area contributed by atoms with E-state index in [2.05, 4.69) is 10.3 Å². The van der Waals surface area contributed by atoms with E-state index in [9.17, 15) is 4.79 Å². The second-order valence-electron chi connectivity index (χ2n) is 5.00. The Morgan fingerprint density at radius 1 is 1.38 bits per heavy atom. The minimum Gasteiger partial charge on any atom is -0.478 e. The molecular formula is C15H17ClN2O2S. The van der Waals surface area contributed by atoms with Crippen LogP contribution in [0.4, 0.5) is 0 Å². The van der Waals surface area contributed by atoms with Crippen molar-refractivity contribution in [3.05, 3.63) is 45.9 Å². The third-order valence-corrected chi connectivity index (χ3v) is 3.93. The van der Waals surface area contributed by atoms with Gasteiger partial charge in [0.25, 0.3) is 5.91 Å². The number of halogens is 1. The van der Waals surface area contributed by atoms with Crippen molar-refractivity contribution in [1.29, 1.82) is 0 Å². The van der Waals surface area contributed by atoms with E-state index in [4.69, 9.17) is 16.3 Å². The summed E-state index contributed by atoms with van der Waals surface area (Å²) in [6.07, 6.45) is 2.48. The monoisotopic (exact) mass is 324 g/mol. The summed E-state index contributed by atoms with van der Waals surface area (Å²) in [7, 11) is 0. The maximum atomic E-state index is 12.2. The van der Waals surface area contributed by atoms with Gasteiger partial charge in [-0.2, -0.15) is 0 Å². The summed E-state index contributed by atoms with van der Waals surface area (Å²) < 4.78 is 5.72. The minimum absolute atomic E-state index is 0.158. The van der Waals surface area contributed by atoms with Crippen molar-refractivity contribution in [2.45, 2.75) is 25.9 Å². The van der Waals surface area contributed by atoms with Gasteiger partial charge < -0.3 is 10.1 Å². The van der Waals surface area contributed by atoms with E-state index in [1.54, 1.807) is 55.6 Å². The van der Waals surface area contributed by atoms with Gasteiger partial charge in [-0.25, -0.2) is 4.98 Å². The molecule has 0 saturated carbocycles. The number of benzene rings is 1. The lowest BCUT2D eigenvalue weighted by Crippen LogP contribution is -2.47. The molecule has 0 fully saturated rings. The maximum Gasteiger partial charge on any atom is 0.263 e. The van der Waals surface area contributed by atoms with Gasteiger partial charge in [-0.1, -0.05) is 11.6 Å². The molecule has 0 atom stereocenters. The zero-order valence-electron chi connectivity index (χ0n) is 11.9. The Morgan fingerprint density at radius 2 is 2.10 bits per heavy atom. The van der Waals surface area contributed by atoms with Crippen molar-refractivity contribution in [1.82, 2.24) is 10.3 Å². The lowest BCUT2D eigenvalue weighted by molar-refractivity contribution is -0.134. The SMILES string of the molecule is CC(C)(Oc1ccc(Cl)cc1)C(=O)NCCc1nccs1. The van der Waals surface area contributed by atoms with Crippen molar-refractivity contribution in [2.24, 2.45) is 0 Å². The van der Waals surface area contributed by atoms with Crippen LogP contribution >= 0.6 is 22.9 Å². The standard InChI is InChI=1S/C15H17ClN2O2S/c1-15(2,20-12-5-3-11(16)4-6-12)14(19)18-8-7-13-17-9-10-21-13/h3-6,9-10H,7-8H2,1-2H3,(H,18,19). The van der Waals surface area contributed by atoms with E-state index in [0.717, 1.165) is 11.4 Å². The molecule has 6 heteroatoms. The molecule has 1 heterocycles. The van der Waals surface area contributed by atoms with Crippen LogP contribution in [0, 0.1) is 0 Å². The van der Waals surface area contributed by atoms with Crippen molar-refractivity contribution in [3.63, 3.8) is 0 Å². The van der Waals surface area contributed by atoms with Gasteiger partial charge in [0.15, 0.2) is 5.60 Å². The predicted molar refractivity (Wildman–Crippen MR) is 85.0 cm³/mol. The average Bonchev–Trinajstić information content (AvgIpc) is 2.94. The number of hydrogen-bond acceptors (Lipinski definition) is 4. The number of ether oxygens (including phenoxy) is 1. The molecule has 0 aliphatic rings. The van der Waals surface area contributed by atoms with E-state index in [-0.39, 0.29) is 5.91 Å². The van der Waals surface area contributed by atoms with E-state index in [0.29, 0.717) is 17.3 Å². The first-order valence-electron chi connectivity index (χ1n) is 6.58. The molecule has 1 N–H and O–H groups in total. The molecule has 4 nitrogen and oxygen atoms in total. The van der Waals surface area contributed by atoms with E-state index < -0.39 is 5.60 Å². The molecule has 0 unspecified atom stereocenters. The lowest BCUT2D eigenvalue weighted by atomic mass is 10.1. The number of amides is 1. The lowest BCUT2D eigenvalue weighted by Gasteiger charge is -2.25. The average molecular weight is 325 g/mol. The van der Waals surface area contributed by atoms with Crippen molar-refractivity contribution in [3.8, 4) is 5.75 Å². The molecule has 0 bridgehead atoms. The third-order valence-electron chi connectivity index (χ3n) is 2.84. The van der Waals surface area contributed by atoms with E-state index >= 15 is 0 Å². The van der Waals surface area contributed by atoms with Crippen LogP contribution in [0.5, 0.6) is 5.75 Å². The molecule has 21 heavy (non-hydrogen) atoms. The molecule has 0 radical (unpaired) electrons. The number of thiazole rings is 1. The quantitative estimate of drug-likeness (QED) is 0.887. The van der Waals surface area contributed by atoms with Gasteiger partial charge in [0.2, 0.25) is 0 Å². The van der Waals surface area contributed by atoms with Crippen LogP contribution in [-0.4, -0.2) is 23.0 Å². The molecule has 1 amide bonds. The highest BCUT2D eigenvalue weighted by molar-refractivity contribution is 7.09. The topological polar surface area (TPSA) is 51.2 Å². The summed E-state index contributed by atoms with van der Waals surface area (Å²) in [5, 5.41) is 6.43. The first kappa shape index (κ1) is 15.8. The number of carbonyl (C=O) groups excluding carboxylic acids is 1. The van der Waals surface area contributed by atoms with Gasteiger partial charge in [0, 0.05) is 29.6 Å². The summed E-state index contributed by atoms with van der Waals surface area (Å²) in [6, 6.07) is 6.94. The van der Waals surface area contributed by atoms with Crippen LogP contribution < -0.4 is 10.1 Å². The number of nitrogens with zero attached hydrogens (tertiary/aromatic N) is 1. The second-order valence-corrected chi connectivity index (χ2v) is 6.41. The van der Waals surface area contributed by atoms with Crippen LogP contribution in [0.25, 0.3) is 0 Å². The number of nitrogens with one attached hydrogen (secondary N) is 1. The van der Waals surface area contributed by atoms with Gasteiger partial charge in [-0.15, -0.1) is 11.3 Å². The Hall–Kier alpha value is -1.59. The van der Waals surface area contributed by atoms with Gasteiger partial charge in [0.1, 0.15) is 5.75 Å². The molecule has 0 aliphatic heterocycles. The normalized spacial score (nSPS) is 11.2. The Bertz CT molecular complexity index is 582. The number of hydrogen-bond donors (Lipinski definition) is 1. The van der Waals surface area contributed by atoms with Crippen LogP contribution in [0.2, 0.25) is 5.02 Å². The predicted octanol–water partition coefficient (Wildman–Crippen LogP) is 3.31. The van der Waals surface area contributed by atoms with Crippen LogP contribution in [0.1, 0.15) is 18.9 Å². The third kappa shape index (κ3) is 4.72. The van der Waals surface area contributed by atoms with Gasteiger partial charge in [-0.3, -0.25) is 4.79 Å². The number of carbonyl (C=O) groups is 1. The summed E-state index contributed by atoms with van der Waals surface area (Å²) in [4.78, 5) is 16.4. The van der Waals surface area contributed by atoms with Crippen LogP contribution in [0.15, 0.2) is 35.8 Å².